The molecule has 1 unspecified atom stereocenters. The first-order valence-corrected chi connectivity index (χ1v) is 22.4. The van der Waals surface area contributed by atoms with Crippen molar-refractivity contribution in [3.8, 4) is 5.75 Å². The summed E-state index contributed by atoms with van der Waals surface area (Å²) in [6.45, 7) is 10.4. The van der Waals surface area contributed by atoms with Gasteiger partial charge in [-0.3, -0.25) is 34.2 Å². The van der Waals surface area contributed by atoms with Crippen LogP contribution in [0.3, 0.4) is 0 Å². The number of imide groups is 2. The summed E-state index contributed by atoms with van der Waals surface area (Å²) in [6.07, 6.45) is 12.2. The average Bonchev–Trinajstić information content (AvgIpc) is 3.77. The zero-order chi connectivity index (χ0) is 43.9. The second-order valence-corrected chi connectivity index (χ2v) is 18.7. The lowest BCUT2D eigenvalue weighted by atomic mass is 9.65. The van der Waals surface area contributed by atoms with Gasteiger partial charge in [-0.15, -0.1) is 11.3 Å². The number of allylic oxidation sites excluding steroid dienone is 2. The van der Waals surface area contributed by atoms with Crippen LogP contribution >= 0.6 is 11.3 Å². The number of thiazole rings is 1. The topological polar surface area (TPSA) is 163 Å². The Bertz CT molecular complexity index is 2360. The van der Waals surface area contributed by atoms with Gasteiger partial charge in [-0.25, -0.2) is 9.97 Å². The molecule has 3 N–H and O–H groups in total. The Hall–Kier alpha value is -5.35. The van der Waals surface area contributed by atoms with Gasteiger partial charge in [0, 0.05) is 57.2 Å². The number of hydrogen-bond donors (Lipinski definition) is 3. The maximum atomic E-state index is 13.9. The Labute approximate surface area is 363 Å². The molecule has 8 rings (SSSR count). The molecule has 16 heteroatoms. The van der Waals surface area contributed by atoms with E-state index in [1.54, 1.807) is 30.4 Å². The highest BCUT2D eigenvalue weighted by molar-refractivity contribution is 7.18. The number of hydrogen-bond acceptors (Lipinski definition) is 11. The molecule has 2 saturated carbocycles. The zero-order valence-electron chi connectivity index (χ0n) is 35.4. The lowest BCUT2D eigenvalue weighted by Crippen LogP contribution is -2.58. The number of nitrogens with zero attached hydrogens (tertiary/aromatic N) is 4. The predicted octanol–water partition coefficient (Wildman–Crippen LogP) is 6.98. The molecule has 1 aromatic carbocycles. The Morgan fingerprint density at radius 2 is 1.77 bits per heavy atom. The van der Waals surface area contributed by atoms with Crippen molar-refractivity contribution in [3.63, 3.8) is 0 Å². The van der Waals surface area contributed by atoms with Gasteiger partial charge in [0.2, 0.25) is 11.8 Å². The van der Waals surface area contributed by atoms with Gasteiger partial charge in [0.1, 0.15) is 23.2 Å². The molecule has 1 spiro atoms. The van der Waals surface area contributed by atoms with Gasteiger partial charge in [-0.2, -0.15) is 8.78 Å². The second-order valence-electron chi connectivity index (χ2n) is 17.7. The number of piperidine rings is 1. The minimum atomic E-state index is -3.17. The van der Waals surface area contributed by atoms with Crippen LogP contribution in [-0.4, -0.2) is 88.6 Å². The van der Waals surface area contributed by atoms with Gasteiger partial charge >= 0.3 is 0 Å². The molecule has 0 bridgehead atoms. The number of nitrogens with one attached hydrogen (secondary N) is 3. The molecule has 5 aliphatic rings. The van der Waals surface area contributed by atoms with Crippen molar-refractivity contribution in [1.29, 1.82) is 0 Å². The molecule has 0 radical (unpaired) electrons. The number of aromatic nitrogens is 2. The van der Waals surface area contributed by atoms with E-state index in [1.807, 2.05) is 12.1 Å². The highest BCUT2D eigenvalue weighted by Gasteiger charge is 2.48. The molecule has 62 heavy (non-hydrogen) atoms. The van der Waals surface area contributed by atoms with Gasteiger partial charge in [-0.05, 0) is 106 Å². The van der Waals surface area contributed by atoms with Crippen LogP contribution in [0, 0.1) is 17.3 Å². The number of anilines is 1. The first kappa shape index (κ1) is 43.3. The standard InChI is InChI=1S/C46H53F2N7O6S/c1-5-29-39(44(60)55(43(29)59)34-14-15-38(56)53-41(34)58)30(6-2)49-22-26-16-18-46(19-17-26)24-54(25-46)23-27-10-12-28(13-11-27)42-52-33-20-35(61-4)32(21-36(33)62-42)51-40(57)31-8-7-9-37(50-31)45(3,47)48/h5-9,20-21,26-28,34,49H,2,10-19,22-25H2,1,3-4H3,(H,51,57)(H,53,56,58)/b29-5+,39-30-. The number of ether oxygens (including phenoxy) is 1. The number of rotatable bonds is 12. The molecule has 3 aliphatic heterocycles. The van der Waals surface area contributed by atoms with Gasteiger partial charge in [-0.1, -0.05) is 18.7 Å². The zero-order valence-corrected chi connectivity index (χ0v) is 36.2. The molecule has 13 nitrogen and oxygen atoms in total. The van der Waals surface area contributed by atoms with E-state index >= 15 is 0 Å². The highest BCUT2D eigenvalue weighted by atomic mass is 32.1. The van der Waals surface area contributed by atoms with E-state index in [4.69, 9.17) is 9.72 Å². The number of benzene rings is 1. The Morgan fingerprint density at radius 1 is 1.03 bits per heavy atom. The minimum absolute atomic E-state index is 0.0671. The van der Waals surface area contributed by atoms with Crippen molar-refractivity contribution < 1.29 is 37.5 Å². The van der Waals surface area contributed by atoms with E-state index in [1.165, 1.54) is 25.3 Å². The van der Waals surface area contributed by atoms with Crippen molar-refractivity contribution in [1.82, 2.24) is 30.4 Å². The molecule has 1 atom stereocenters. The highest BCUT2D eigenvalue weighted by Crippen LogP contribution is 2.47. The number of halogens is 2. The van der Waals surface area contributed by atoms with Crippen LogP contribution in [-0.2, 0) is 25.1 Å². The number of likely N-dealkylation sites (tertiary alicyclic amines) is 2. The Balaban J connectivity index is 0.798. The van der Waals surface area contributed by atoms with Gasteiger partial charge in [0.05, 0.1) is 39.2 Å². The summed E-state index contributed by atoms with van der Waals surface area (Å²) in [4.78, 5) is 76.7. The van der Waals surface area contributed by atoms with Crippen LogP contribution in [0.5, 0.6) is 5.75 Å². The second kappa shape index (κ2) is 17.4. The predicted molar refractivity (Wildman–Crippen MR) is 230 cm³/mol. The van der Waals surface area contributed by atoms with Crippen LogP contribution in [0.25, 0.3) is 10.2 Å². The van der Waals surface area contributed by atoms with E-state index in [0.29, 0.717) is 46.8 Å². The summed E-state index contributed by atoms with van der Waals surface area (Å²) < 4.78 is 34.2. The lowest BCUT2D eigenvalue weighted by Gasteiger charge is -2.54. The maximum Gasteiger partial charge on any atom is 0.287 e. The number of carbonyl (C=O) groups excluding carboxylic acids is 5. The molecule has 3 aromatic rings. The van der Waals surface area contributed by atoms with Gasteiger partial charge in [0.15, 0.2) is 0 Å². The Kier molecular flexibility index (Phi) is 12.2. The van der Waals surface area contributed by atoms with E-state index in [-0.39, 0.29) is 29.7 Å². The van der Waals surface area contributed by atoms with Crippen molar-refractivity contribution in [2.45, 2.75) is 95.9 Å². The third-order valence-electron chi connectivity index (χ3n) is 13.4. The van der Waals surface area contributed by atoms with Crippen LogP contribution in [0.2, 0.25) is 0 Å². The molecular weight excluding hydrogens is 817 g/mol. The number of pyridine rings is 1. The average molecular weight is 870 g/mol. The molecule has 2 aliphatic carbocycles. The van der Waals surface area contributed by atoms with Crippen LogP contribution < -0.4 is 20.7 Å². The molecule has 5 fully saturated rings. The molecule has 2 aromatic heterocycles. The van der Waals surface area contributed by atoms with E-state index in [0.717, 1.165) is 98.0 Å². The van der Waals surface area contributed by atoms with E-state index in [9.17, 15) is 32.8 Å². The molecule has 328 valence electrons. The van der Waals surface area contributed by atoms with Crippen molar-refractivity contribution >= 4 is 56.8 Å². The largest absolute Gasteiger partial charge is 0.494 e. The fourth-order valence-corrected chi connectivity index (χ4v) is 11.2. The van der Waals surface area contributed by atoms with E-state index < -0.39 is 47.2 Å². The number of amides is 5. The maximum absolute atomic E-state index is 13.9. The normalized spacial score (nSPS) is 25.0. The monoisotopic (exact) mass is 869 g/mol. The number of methoxy groups -OCH3 is 1. The van der Waals surface area contributed by atoms with Gasteiger partial charge < -0.3 is 20.3 Å². The Morgan fingerprint density at radius 3 is 2.44 bits per heavy atom. The minimum Gasteiger partial charge on any atom is -0.494 e. The van der Waals surface area contributed by atoms with E-state index in [2.05, 4.69) is 32.4 Å². The van der Waals surface area contributed by atoms with Crippen molar-refractivity contribution in [2.24, 2.45) is 17.3 Å². The third kappa shape index (κ3) is 8.68. The summed E-state index contributed by atoms with van der Waals surface area (Å²) in [6, 6.07) is 6.61. The van der Waals surface area contributed by atoms with Crippen LogP contribution in [0.1, 0.15) is 105 Å². The van der Waals surface area contributed by atoms with Gasteiger partial charge in [0.25, 0.3) is 23.6 Å². The van der Waals surface area contributed by atoms with Crippen molar-refractivity contribution in [2.75, 3.05) is 38.6 Å². The quantitative estimate of drug-likeness (QED) is 0.128. The third-order valence-corrected chi connectivity index (χ3v) is 14.6. The fourth-order valence-electron chi connectivity index (χ4n) is 10.0. The molecule has 5 heterocycles. The first-order chi connectivity index (χ1) is 29.7. The summed E-state index contributed by atoms with van der Waals surface area (Å²) in [5.41, 5.74) is 1.94. The number of fused-ring (bicyclic) bond motifs is 1. The summed E-state index contributed by atoms with van der Waals surface area (Å²) in [5.74, 6) is -4.04. The smallest absolute Gasteiger partial charge is 0.287 e. The fraction of sp³-hybridized carbons (Fsp3) is 0.500. The summed E-state index contributed by atoms with van der Waals surface area (Å²) in [7, 11) is 1.51. The lowest BCUT2D eigenvalue weighted by molar-refractivity contribution is -0.149. The SMILES string of the molecule is C=C/C(NCC1CCC2(CC1)CN(CC1CCC(c3nc4cc(OC)c(NC(=O)c5cccc(C(C)(F)F)n5)cc4s3)CC1)C2)=C1/C(=O)N(C2CCC(=O)NC2=O)C(=O)/C1=C/C. The van der Waals surface area contributed by atoms with Crippen molar-refractivity contribution in [3.05, 3.63) is 82.3 Å². The first-order valence-electron chi connectivity index (χ1n) is 21.6. The van der Waals surface area contributed by atoms with Crippen LogP contribution in [0.4, 0.5) is 14.5 Å². The summed E-state index contributed by atoms with van der Waals surface area (Å²) in [5, 5.41) is 9.54. The number of alkyl halides is 2. The molecular formula is C46H53F2N7O6S. The molecule has 3 saturated heterocycles. The number of carbonyl (C=O) groups is 5. The van der Waals surface area contributed by atoms with Crippen LogP contribution in [0.15, 0.2) is 65.9 Å². The summed E-state index contributed by atoms with van der Waals surface area (Å²) >= 11 is 1.62. The molecule has 5 amide bonds.